The summed E-state index contributed by atoms with van der Waals surface area (Å²) >= 11 is 0.856. The van der Waals surface area contributed by atoms with Gasteiger partial charge in [0.05, 0.1) is 10.4 Å². The van der Waals surface area contributed by atoms with Crippen molar-refractivity contribution in [1.82, 2.24) is 0 Å². The van der Waals surface area contributed by atoms with Gasteiger partial charge in [-0.15, -0.1) is 11.3 Å². The van der Waals surface area contributed by atoms with E-state index in [1.54, 1.807) is 0 Å². The zero-order valence-corrected chi connectivity index (χ0v) is 12.6. The molecule has 0 fully saturated rings. The van der Waals surface area contributed by atoms with E-state index in [-0.39, 0.29) is 21.9 Å². The van der Waals surface area contributed by atoms with E-state index in [4.69, 9.17) is 11.0 Å². The molecule has 5 heteroatoms. The first kappa shape index (κ1) is 15.9. The average Bonchev–Trinajstić information content (AvgIpc) is 2.65. The highest BCUT2D eigenvalue weighted by atomic mass is 32.1. The summed E-state index contributed by atoms with van der Waals surface area (Å²) in [6, 6.07) is 1.95. The van der Waals surface area contributed by atoms with Gasteiger partial charge in [-0.25, -0.2) is 8.78 Å². The highest BCUT2D eigenvalue weighted by Crippen LogP contribution is 2.53. The number of nitrogen functional groups attached to an aromatic ring is 1. The second-order valence-electron chi connectivity index (χ2n) is 5.45. The van der Waals surface area contributed by atoms with Crippen molar-refractivity contribution < 1.29 is 8.78 Å². The number of anilines is 1. The van der Waals surface area contributed by atoms with Gasteiger partial charge < -0.3 is 5.73 Å². The molecular formula is C14H20F2N2S. The van der Waals surface area contributed by atoms with Crippen LogP contribution in [0.2, 0.25) is 0 Å². The van der Waals surface area contributed by atoms with Crippen LogP contribution in [0, 0.1) is 11.3 Å². The number of hydrogen-bond donors (Lipinski definition) is 1. The maximum Gasteiger partial charge on any atom is 0.282 e. The zero-order chi connectivity index (χ0) is 14.8. The molecule has 0 atom stereocenters. The van der Waals surface area contributed by atoms with Crippen molar-refractivity contribution in [3.8, 4) is 6.07 Å². The minimum atomic E-state index is -2.83. The van der Waals surface area contributed by atoms with Crippen molar-refractivity contribution in [2.45, 2.75) is 58.3 Å². The molecule has 0 unspecified atom stereocenters. The van der Waals surface area contributed by atoms with Gasteiger partial charge in [0.1, 0.15) is 11.1 Å². The number of nitrogens with two attached hydrogens (primary N) is 1. The van der Waals surface area contributed by atoms with E-state index in [1.807, 2.05) is 19.9 Å². The van der Waals surface area contributed by atoms with Crippen molar-refractivity contribution in [2.24, 2.45) is 0 Å². The van der Waals surface area contributed by atoms with E-state index in [9.17, 15) is 8.78 Å². The second kappa shape index (κ2) is 5.46. The van der Waals surface area contributed by atoms with Crippen molar-refractivity contribution in [3.05, 3.63) is 16.0 Å². The minimum Gasteiger partial charge on any atom is -0.389 e. The molecule has 1 aliphatic carbocycles. The largest absolute Gasteiger partial charge is 0.389 e. The molecule has 0 radical (unpaired) electrons. The first-order chi connectivity index (χ1) is 8.71. The third-order valence-corrected chi connectivity index (χ3v) is 4.25. The SMILES string of the molecule is CC1(C)CCC(F)(F)c2sc(N)c(C#N)c21.CCC. The van der Waals surface area contributed by atoms with Gasteiger partial charge in [-0.1, -0.05) is 34.1 Å². The normalized spacial score (nSPS) is 18.8. The van der Waals surface area contributed by atoms with Crippen LogP contribution in [-0.2, 0) is 11.3 Å². The smallest absolute Gasteiger partial charge is 0.282 e. The lowest BCUT2D eigenvalue weighted by Crippen LogP contribution is -2.31. The summed E-state index contributed by atoms with van der Waals surface area (Å²) in [7, 11) is 0. The summed E-state index contributed by atoms with van der Waals surface area (Å²) in [5, 5.41) is 9.21. The van der Waals surface area contributed by atoms with E-state index >= 15 is 0 Å². The van der Waals surface area contributed by atoms with Crippen molar-refractivity contribution >= 4 is 16.3 Å². The minimum absolute atomic E-state index is 0.0159. The summed E-state index contributed by atoms with van der Waals surface area (Å²) in [4.78, 5) is -0.0159. The maximum absolute atomic E-state index is 13.7. The third-order valence-electron chi connectivity index (χ3n) is 3.12. The Morgan fingerprint density at radius 3 is 2.32 bits per heavy atom. The van der Waals surface area contributed by atoms with Gasteiger partial charge in [-0.3, -0.25) is 0 Å². The quantitative estimate of drug-likeness (QED) is 0.746. The van der Waals surface area contributed by atoms with Crippen LogP contribution in [0.25, 0.3) is 0 Å². The molecule has 2 nitrogen and oxygen atoms in total. The molecule has 0 aliphatic heterocycles. The second-order valence-corrected chi connectivity index (χ2v) is 6.50. The Kier molecular flexibility index (Phi) is 4.57. The van der Waals surface area contributed by atoms with E-state index in [0.29, 0.717) is 12.0 Å². The Morgan fingerprint density at radius 2 is 1.84 bits per heavy atom. The van der Waals surface area contributed by atoms with Gasteiger partial charge in [0.25, 0.3) is 5.92 Å². The van der Waals surface area contributed by atoms with Gasteiger partial charge in [0.15, 0.2) is 0 Å². The van der Waals surface area contributed by atoms with Gasteiger partial charge in [0.2, 0.25) is 0 Å². The van der Waals surface area contributed by atoms with Gasteiger partial charge in [-0.05, 0) is 17.4 Å². The summed E-state index contributed by atoms with van der Waals surface area (Å²) < 4.78 is 27.4. The molecule has 0 amide bonds. The first-order valence-electron chi connectivity index (χ1n) is 6.42. The predicted molar refractivity (Wildman–Crippen MR) is 75.6 cm³/mol. The Labute approximate surface area is 117 Å². The fourth-order valence-electron chi connectivity index (χ4n) is 2.17. The maximum atomic E-state index is 13.7. The molecule has 1 aromatic rings. The molecule has 0 aromatic carbocycles. The molecule has 106 valence electrons. The number of hydrogen-bond acceptors (Lipinski definition) is 3. The van der Waals surface area contributed by atoms with Crippen molar-refractivity contribution in [1.29, 1.82) is 5.26 Å². The molecule has 1 aliphatic rings. The topological polar surface area (TPSA) is 49.8 Å². The Morgan fingerprint density at radius 1 is 1.32 bits per heavy atom. The average molecular weight is 286 g/mol. The Bertz CT molecular complexity index is 498. The Balaban J connectivity index is 0.000000550. The molecule has 0 spiro atoms. The van der Waals surface area contributed by atoms with Crippen LogP contribution < -0.4 is 5.73 Å². The van der Waals surface area contributed by atoms with Crippen LogP contribution in [0.4, 0.5) is 13.8 Å². The number of thiophene rings is 1. The molecular weight excluding hydrogens is 266 g/mol. The van der Waals surface area contributed by atoms with Crippen LogP contribution in [-0.4, -0.2) is 0 Å². The van der Waals surface area contributed by atoms with E-state index in [2.05, 4.69) is 13.8 Å². The van der Waals surface area contributed by atoms with Crippen LogP contribution in [0.5, 0.6) is 0 Å². The first-order valence-corrected chi connectivity index (χ1v) is 7.24. The molecule has 1 heterocycles. The highest BCUT2D eigenvalue weighted by molar-refractivity contribution is 7.16. The van der Waals surface area contributed by atoms with Gasteiger partial charge >= 0.3 is 0 Å². The van der Waals surface area contributed by atoms with Gasteiger partial charge in [-0.2, -0.15) is 5.26 Å². The monoisotopic (exact) mass is 286 g/mol. The fourth-order valence-corrected chi connectivity index (χ4v) is 3.37. The van der Waals surface area contributed by atoms with Crippen LogP contribution >= 0.6 is 11.3 Å². The van der Waals surface area contributed by atoms with E-state index in [1.165, 1.54) is 6.42 Å². The molecule has 0 saturated heterocycles. The summed E-state index contributed by atoms with van der Waals surface area (Å²) in [5.74, 6) is -2.83. The van der Waals surface area contributed by atoms with E-state index in [0.717, 1.165) is 11.3 Å². The number of fused-ring (bicyclic) bond motifs is 1. The number of nitrogens with zero attached hydrogens (tertiary/aromatic N) is 1. The highest BCUT2D eigenvalue weighted by Gasteiger charge is 2.47. The summed E-state index contributed by atoms with van der Waals surface area (Å²) in [6.07, 6.45) is 1.45. The van der Waals surface area contributed by atoms with Crippen molar-refractivity contribution in [3.63, 3.8) is 0 Å². The van der Waals surface area contributed by atoms with E-state index < -0.39 is 11.3 Å². The number of rotatable bonds is 0. The molecule has 2 N–H and O–H groups in total. The summed E-state index contributed by atoms with van der Waals surface area (Å²) in [6.45, 7) is 8.02. The lowest BCUT2D eigenvalue weighted by molar-refractivity contribution is -0.0266. The van der Waals surface area contributed by atoms with Crippen LogP contribution in [0.1, 0.15) is 63.0 Å². The number of alkyl halides is 2. The van der Waals surface area contributed by atoms with Crippen LogP contribution in [0.3, 0.4) is 0 Å². The number of nitriles is 1. The predicted octanol–water partition coefficient (Wildman–Crippen LogP) is 4.78. The third kappa shape index (κ3) is 2.89. The van der Waals surface area contributed by atoms with Crippen molar-refractivity contribution in [2.75, 3.05) is 5.73 Å². The molecule has 0 bridgehead atoms. The fraction of sp³-hybridized carbons (Fsp3) is 0.643. The summed E-state index contributed by atoms with van der Waals surface area (Å²) in [5.41, 5.74) is 5.94. The zero-order valence-electron chi connectivity index (χ0n) is 11.8. The van der Waals surface area contributed by atoms with Gasteiger partial charge in [0, 0.05) is 6.42 Å². The number of halogens is 2. The lowest BCUT2D eigenvalue weighted by atomic mass is 9.73. The molecule has 2 rings (SSSR count). The standard InChI is InChI=1S/C11H12F2N2S.C3H8/c1-10(2)3-4-11(12,13)8-7(10)6(5-14)9(15)16-8;1-3-2/h3-4,15H2,1-2H3;3H2,1-2H3. The molecule has 19 heavy (non-hydrogen) atoms. The molecule has 1 aromatic heterocycles. The lowest BCUT2D eigenvalue weighted by Gasteiger charge is -2.34. The van der Waals surface area contributed by atoms with Crippen LogP contribution in [0.15, 0.2) is 0 Å². The molecule has 0 saturated carbocycles. The Hall–Kier alpha value is -1.15.